The molecule has 0 saturated carbocycles. The van der Waals surface area contributed by atoms with Crippen LogP contribution >= 0.6 is 0 Å². The van der Waals surface area contributed by atoms with Gasteiger partial charge in [0.1, 0.15) is 5.82 Å². The number of likely N-dealkylation sites (tertiary alicyclic amines) is 1. The third kappa shape index (κ3) is 5.55. The number of rotatable bonds is 8. The molecule has 0 radical (unpaired) electrons. The number of hydrogen-bond acceptors (Lipinski definition) is 3. The molecule has 1 saturated heterocycles. The molecule has 0 bridgehead atoms. The van der Waals surface area contributed by atoms with Gasteiger partial charge in [-0.2, -0.15) is 5.10 Å². The quantitative estimate of drug-likeness (QED) is 0.689. The lowest BCUT2D eigenvalue weighted by Gasteiger charge is -2.36. The smallest absolute Gasteiger partial charge is 0.229 e. The van der Waals surface area contributed by atoms with Crippen LogP contribution in [0.15, 0.2) is 54.7 Å². The van der Waals surface area contributed by atoms with Crippen LogP contribution in [0, 0.1) is 0 Å². The monoisotopic (exact) mass is 380 g/mol. The molecule has 1 aromatic heterocycles. The van der Waals surface area contributed by atoms with E-state index in [-0.39, 0.29) is 5.91 Å². The van der Waals surface area contributed by atoms with E-state index in [4.69, 9.17) is 0 Å². The highest BCUT2D eigenvalue weighted by Crippen LogP contribution is 2.27. The Bertz CT molecular complexity index is 775. The molecular formula is C23H32N4O. The fraction of sp³-hybridized carbons (Fsp3) is 0.478. The fourth-order valence-electron chi connectivity index (χ4n) is 3.88. The maximum Gasteiger partial charge on any atom is 0.229 e. The molecule has 0 aliphatic carbocycles. The normalized spacial score (nSPS) is 16.6. The molecule has 1 N–H and O–H groups in total. The maximum atomic E-state index is 12.4. The molecule has 3 rings (SSSR count). The summed E-state index contributed by atoms with van der Waals surface area (Å²) in [6, 6.07) is 12.6. The van der Waals surface area contributed by atoms with Crippen LogP contribution in [0.5, 0.6) is 0 Å². The van der Waals surface area contributed by atoms with Crippen LogP contribution in [0.4, 0.5) is 5.82 Å². The molecule has 1 fully saturated rings. The van der Waals surface area contributed by atoms with Gasteiger partial charge in [0.2, 0.25) is 5.91 Å². The third-order valence-electron chi connectivity index (χ3n) is 5.60. The van der Waals surface area contributed by atoms with E-state index >= 15 is 0 Å². The van der Waals surface area contributed by atoms with E-state index in [9.17, 15) is 4.79 Å². The fourth-order valence-corrected chi connectivity index (χ4v) is 3.88. The van der Waals surface area contributed by atoms with Crippen LogP contribution in [0.1, 0.15) is 51.1 Å². The molecule has 0 spiro atoms. The van der Waals surface area contributed by atoms with Gasteiger partial charge < -0.3 is 10.2 Å². The summed E-state index contributed by atoms with van der Waals surface area (Å²) in [5, 5.41) is 7.54. The van der Waals surface area contributed by atoms with Crippen molar-refractivity contribution < 1.29 is 4.79 Å². The second-order valence-corrected chi connectivity index (χ2v) is 7.98. The van der Waals surface area contributed by atoms with E-state index < -0.39 is 0 Å². The molecule has 28 heavy (non-hydrogen) atoms. The SMILES string of the molecule is C=C(C)CC[C@@H](C)N1CCC(n2nccc2NC(=O)Cc2ccccc2)CC1. The molecule has 1 aliphatic rings. The van der Waals surface area contributed by atoms with Crippen LogP contribution in [-0.2, 0) is 11.2 Å². The minimum atomic E-state index is -0.00111. The van der Waals surface area contributed by atoms with Crippen molar-refractivity contribution in [3.63, 3.8) is 0 Å². The first-order valence-electron chi connectivity index (χ1n) is 10.3. The number of amides is 1. The van der Waals surface area contributed by atoms with Crippen molar-refractivity contribution in [2.24, 2.45) is 0 Å². The second-order valence-electron chi connectivity index (χ2n) is 7.98. The molecule has 1 amide bonds. The van der Waals surface area contributed by atoms with Gasteiger partial charge in [-0.05, 0) is 45.1 Å². The maximum absolute atomic E-state index is 12.4. The Kier molecular flexibility index (Phi) is 7.04. The molecule has 2 heterocycles. The van der Waals surface area contributed by atoms with Gasteiger partial charge in [-0.25, -0.2) is 4.68 Å². The predicted octanol–water partition coefficient (Wildman–Crippen LogP) is 4.45. The van der Waals surface area contributed by atoms with E-state index in [2.05, 4.69) is 35.7 Å². The Labute approximate surface area is 168 Å². The van der Waals surface area contributed by atoms with E-state index in [1.54, 1.807) is 6.20 Å². The zero-order valence-electron chi connectivity index (χ0n) is 17.1. The van der Waals surface area contributed by atoms with E-state index in [1.165, 1.54) is 12.0 Å². The molecule has 5 heteroatoms. The number of anilines is 1. The number of nitrogens with zero attached hydrogens (tertiary/aromatic N) is 3. The minimum absolute atomic E-state index is 0.00111. The van der Waals surface area contributed by atoms with Crippen LogP contribution in [0.2, 0.25) is 0 Å². The lowest BCUT2D eigenvalue weighted by molar-refractivity contribution is -0.115. The van der Waals surface area contributed by atoms with Crippen molar-refractivity contribution in [3.8, 4) is 0 Å². The largest absolute Gasteiger partial charge is 0.311 e. The summed E-state index contributed by atoms with van der Waals surface area (Å²) >= 11 is 0. The molecule has 0 unspecified atom stereocenters. The Balaban J connectivity index is 1.53. The van der Waals surface area contributed by atoms with Crippen molar-refractivity contribution >= 4 is 11.7 Å². The van der Waals surface area contributed by atoms with Crippen molar-refractivity contribution in [2.45, 2.75) is 58.0 Å². The van der Waals surface area contributed by atoms with Gasteiger partial charge >= 0.3 is 0 Å². The lowest BCUT2D eigenvalue weighted by atomic mass is 10.0. The Morgan fingerprint density at radius 1 is 1.25 bits per heavy atom. The average Bonchev–Trinajstić information content (AvgIpc) is 3.15. The number of benzene rings is 1. The van der Waals surface area contributed by atoms with Gasteiger partial charge in [0.05, 0.1) is 18.7 Å². The topological polar surface area (TPSA) is 50.2 Å². The summed E-state index contributed by atoms with van der Waals surface area (Å²) in [5.41, 5.74) is 2.28. The van der Waals surface area contributed by atoms with Crippen LogP contribution in [0.3, 0.4) is 0 Å². The third-order valence-corrected chi connectivity index (χ3v) is 5.60. The van der Waals surface area contributed by atoms with Gasteiger partial charge in [0.15, 0.2) is 0 Å². The second kappa shape index (κ2) is 9.69. The summed E-state index contributed by atoms with van der Waals surface area (Å²) in [6.45, 7) is 10.6. The molecular weight excluding hydrogens is 348 g/mol. The first-order chi connectivity index (χ1) is 13.5. The summed E-state index contributed by atoms with van der Waals surface area (Å²) in [5.74, 6) is 0.800. The van der Waals surface area contributed by atoms with Gasteiger partial charge in [0, 0.05) is 25.2 Å². The standard InChI is InChI=1S/C23H32N4O/c1-18(2)9-10-19(3)26-15-12-21(13-16-26)27-22(11-14-24-27)25-23(28)17-20-7-5-4-6-8-20/h4-8,11,14,19,21H,1,9-10,12-13,15-17H2,2-3H3,(H,25,28)/t19-/m1/s1. The summed E-state index contributed by atoms with van der Waals surface area (Å²) in [7, 11) is 0. The number of carbonyl (C=O) groups is 1. The van der Waals surface area contributed by atoms with Crippen molar-refractivity contribution in [1.82, 2.24) is 14.7 Å². The van der Waals surface area contributed by atoms with Crippen LogP contribution < -0.4 is 5.32 Å². The first kappa shape index (κ1) is 20.3. The van der Waals surface area contributed by atoms with Crippen molar-refractivity contribution in [3.05, 3.63) is 60.3 Å². The Morgan fingerprint density at radius 2 is 1.96 bits per heavy atom. The zero-order chi connectivity index (χ0) is 19.9. The van der Waals surface area contributed by atoms with Crippen LogP contribution in [-0.4, -0.2) is 39.7 Å². The van der Waals surface area contributed by atoms with Crippen molar-refractivity contribution in [1.29, 1.82) is 0 Å². The Hall–Kier alpha value is -2.40. The molecule has 150 valence electrons. The van der Waals surface area contributed by atoms with Gasteiger partial charge in [-0.1, -0.05) is 35.9 Å². The Morgan fingerprint density at radius 3 is 2.64 bits per heavy atom. The van der Waals surface area contributed by atoms with Gasteiger partial charge in [-0.3, -0.25) is 4.79 Å². The van der Waals surface area contributed by atoms with Gasteiger partial charge in [-0.15, -0.1) is 6.58 Å². The highest BCUT2D eigenvalue weighted by Gasteiger charge is 2.25. The summed E-state index contributed by atoms with van der Waals surface area (Å²) in [4.78, 5) is 15.0. The number of aromatic nitrogens is 2. The van der Waals surface area contributed by atoms with Gasteiger partial charge in [0.25, 0.3) is 0 Å². The highest BCUT2D eigenvalue weighted by molar-refractivity contribution is 5.91. The zero-order valence-corrected chi connectivity index (χ0v) is 17.1. The van der Waals surface area contributed by atoms with E-state index in [0.717, 1.165) is 43.7 Å². The van der Waals surface area contributed by atoms with Crippen LogP contribution in [0.25, 0.3) is 0 Å². The van der Waals surface area contributed by atoms with E-state index in [0.29, 0.717) is 18.5 Å². The number of carbonyl (C=O) groups excluding carboxylic acids is 1. The first-order valence-corrected chi connectivity index (χ1v) is 10.3. The number of nitrogens with one attached hydrogen (secondary N) is 1. The van der Waals surface area contributed by atoms with E-state index in [1.807, 2.05) is 41.1 Å². The molecule has 1 atom stereocenters. The summed E-state index contributed by atoms with van der Waals surface area (Å²) < 4.78 is 2.00. The molecule has 5 nitrogen and oxygen atoms in total. The number of allylic oxidation sites excluding steroid dienone is 1. The van der Waals surface area contributed by atoms with Crippen molar-refractivity contribution in [2.75, 3.05) is 18.4 Å². The molecule has 1 aromatic carbocycles. The lowest BCUT2D eigenvalue weighted by Crippen LogP contribution is -2.40. The highest BCUT2D eigenvalue weighted by atomic mass is 16.1. The predicted molar refractivity (Wildman–Crippen MR) is 114 cm³/mol. The minimum Gasteiger partial charge on any atom is -0.311 e. The number of piperidine rings is 1. The molecule has 2 aromatic rings. The summed E-state index contributed by atoms with van der Waals surface area (Å²) in [6.07, 6.45) is 6.53. The number of hydrogen-bond donors (Lipinski definition) is 1. The average molecular weight is 381 g/mol. The molecule has 1 aliphatic heterocycles.